The Morgan fingerprint density at radius 3 is 2.53 bits per heavy atom. The fraction of sp³-hybridized carbons (Fsp3) is 0.417. The summed E-state index contributed by atoms with van der Waals surface area (Å²) >= 11 is 0. The first-order valence-electron chi connectivity index (χ1n) is 10.5. The highest BCUT2D eigenvalue weighted by Crippen LogP contribution is 2.40. The van der Waals surface area contributed by atoms with Crippen LogP contribution in [-0.4, -0.2) is 48.7 Å². The minimum absolute atomic E-state index is 0.0429. The number of ether oxygens (including phenoxy) is 2. The standard InChI is InChI=1S/C24H28N2O4/c1-26-19-11-12-20(26)22(21(15-19)30-23(27)17-5-3-2-4-6-17)24(28)29-14-13-16-7-9-18(25)10-8-16/h2-10,19-22H,11-15,25H2,1H3/t19?,20?,21-,22?/m1/s1. The molecule has 0 saturated carbocycles. The maximum atomic E-state index is 13.0. The van der Waals surface area contributed by atoms with Gasteiger partial charge in [0.2, 0.25) is 0 Å². The maximum Gasteiger partial charge on any atom is 0.338 e. The lowest BCUT2D eigenvalue weighted by Gasteiger charge is -2.40. The molecule has 30 heavy (non-hydrogen) atoms. The van der Waals surface area contributed by atoms with Gasteiger partial charge in [-0.05, 0) is 49.7 Å². The Balaban J connectivity index is 1.42. The number of carbonyl (C=O) groups excluding carboxylic acids is 2. The lowest BCUT2D eigenvalue weighted by atomic mass is 9.87. The van der Waals surface area contributed by atoms with E-state index in [0.29, 0.717) is 36.7 Å². The molecule has 2 heterocycles. The van der Waals surface area contributed by atoms with Gasteiger partial charge in [-0.15, -0.1) is 0 Å². The molecule has 4 rings (SSSR count). The van der Waals surface area contributed by atoms with E-state index in [-0.39, 0.29) is 18.0 Å². The number of esters is 2. The molecule has 2 aromatic carbocycles. The summed E-state index contributed by atoms with van der Waals surface area (Å²) in [5, 5.41) is 0. The molecule has 0 radical (unpaired) electrons. The number of carbonyl (C=O) groups is 2. The molecule has 158 valence electrons. The van der Waals surface area contributed by atoms with Crippen molar-refractivity contribution in [1.82, 2.24) is 4.90 Å². The van der Waals surface area contributed by atoms with Crippen LogP contribution in [0.3, 0.4) is 0 Å². The van der Waals surface area contributed by atoms with E-state index < -0.39 is 12.0 Å². The van der Waals surface area contributed by atoms with Crippen molar-refractivity contribution in [3.05, 3.63) is 65.7 Å². The number of anilines is 1. The fourth-order valence-corrected chi connectivity index (χ4v) is 4.68. The van der Waals surface area contributed by atoms with Gasteiger partial charge >= 0.3 is 11.9 Å². The third-order valence-corrected chi connectivity index (χ3v) is 6.37. The number of fused-ring (bicyclic) bond motifs is 2. The predicted octanol–water partition coefficient (Wildman–Crippen LogP) is 3.06. The lowest BCUT2D eigenvalue weighted by molar-refractivity contribution is -0.159. The van der Waals surface area contributed by atoms with E-state index in [4.69, 9.17) is 15.2 Å². The summed E-state index contributed by atoms with van der Waals surface area (Å²) in [6.45, 7) is 0.290. The van der Waals surface area contributed by atoms with E-state index in [0.717, 1.165) is 18.4 Å². The lowest BCUT2D eigenvalue weighted by Crippen LogP contribution is -2.53. The monoisotopic (exact) mass is 408 g/mol. The van der Waals surface area contributed by atoms with E-state index in [1.54, 1.807) is 24.3 Å². The molecule has 6 heteroatoms. The van der Waals surface area contributed by atoms with Gasteiger partial charge in [0.05, 0.1) is 12.2 Å². The minimum atomic E-state index is -0.465. The first-order chi connectivity index (χ1) is 14.5. The average Bonchev–Trinajstić information content (AvgIpc) is 2.98. The second-order valence-corrected chi connectivity index (χ2v) is 8.19. The van der Waals surface area contributed by atoms with Crippen molar-refractivity contribution in [3.63, 3.8) is 0 Å². The van der Waals surface area contributed by atoms with Crippen LogP contribution in [0.15, 0.2) is 54.6 Å². The molecular weight excluding hydrogens is 380 g/mol. The third-order valence-electron chi connectivity index (χ3n) is 6.37. The van der Waals surface area contributed by atoms with Gasteiger partial charge in [0.25, 0.3) is 0 Å². The van der Waals surface area contributed by atoms with Crippen molar-refractivity contribution in [2.24, 2.45) is 5.92 Å². The summed E-state index contributed by atoms with van der Waals surface area (Å²) in [4.78, 5) is 27.9. The molecule has 6 nitrogen and oxygen atoms in total. The van der Waals surface area contributed by atoms with Crippen molar-refractivity contribution >= 4 is 17.6 Å². The highest BCUT2D eigenvalue weighted by Gasteiger charge is 2.51. The van der Waals surface area contributed by atoms with E-state index in [2.05, 4.69) is 4.90 Å². The Hall–Kier alpha value is -2.86. The molecule has 2 aliphatic rings. The normalized spacial score (nSPS) is 25.6. The molecular formula is C24H28N2O4. The Morgan fingerprint density at radius 2 is 1.80 bits per heavy atom. The molecule has 3 unspecified atom stereocenters. The highest BCUT2D eigenvalue weighted by molar-refractivity contribution is 5.89. The molecule has 2 aliphatic heterocycles. The first-order valence-corrected chi connectivity index (χ1v) is 10.5. The number of hydrogen-bond acceptors (Lipinski definition) is 6. The van der Waals surface area contributed by atoms with Gasteiger partial charge in [-0.2, -0.15) is 0 Å². The summed E-state index contributed by atoms with van der Waals surface area (Å²) in [6, 6.07) is 16.8. The van der Waals surface area contributed by atoms with Crippen LogP contribution < -0.4 is 5.73 Å². The number of hydrogen-bond donors (Lipinski definition) is 1. The summed E-state index contributed by atoms with van der Waals surface area (Å²) < 4.78 is 11.5. The molecule has 2 fully saturated rings. The van der Waals surface area contributed by atoms with Crippen LogP contribution >= 0.6 is 0 Å². The van der Waals surface area contributed by atoms with Crippen LogP contribution in [0.25, 0.3) is 0 Å². The third kappa shape index (κ3) is 4.33. The van der Waals surface area contributed by atoms with Crippen LogP contribution in [-0.2, 0) is 20.7 Å². The van der Waals surface area contributed by atoms with Gasteiger partial charge in [0, 0.05) is 30.6 Å². The molecule has 0 spiro atoms. The molecule has 2 bridgehead atoms. The quantitative estimate of drug-likeness (QED) is 0.584. The molecule has 2 saturated heterocycles. The van der Waals surface area contributed by atoms with E-state index in [1.807, 2.05) is 37.4 Å². The largest absolute Gasteiger partial charge is 0.465 e. The summed E-state index contributed by atoms with van der Waals surface area (Å²) in [5.41, 5.74) is 7.98. The Bertz CT molecular complexity index is 884. The summed E-state index contributed by atoms with van der Waals surface area (Å²) in [7, 11) is 2.05. The maximum absolute atomic E-state index is 13.0. The fourth-order valence-electron chi connectivity index (χ4n) is 4.68. The van der Waals surface area contributed by atoms with Gasteiger partial charge in [-0.3, -0.25) is 9.69 Å². The molecule has 0 aromatic heterocycles. The van der Waals surface area contributed by atoms with E-state index in [1.165, 1.54) is 0 Å². The number of nitrogens with zero attached hydrogens (tertiary/aromatic N) is 1. The Labute approximate surface area is 177 Å². The molecule has 0 aliphatic carbocycles. The van der Waals surface area contributed by atoms with Crippen LogP contribution in [0.2, 0.25) is 0 Å². The predicted molar refractivity (Wildman–Crippen MR) is 114 cm³/mol. The zero-order chi connectivity index (χ0) is 21.1. The van der Waals surface area contributed by atoms with Crippen molar-refractivity contribution in [2.75, 3.05) is 19.4 Å². The average molecular weight is 408 g/mol. The van der Waals surface area contributed by atoms with Crippen LogP contribution in [0, 0.1) is 5.92 Å². The van der Waals surface area contributed by atoms with Crippen LogP contribution in [0.1, 0.15) is 35.2 Å². The number of nitrogen functional groups attached to an aromatic ring is 1. The van der Waals surface area contributed by atoms with Gasteiger partial charge in [-0.1, -0.05) is 30.3 Å². The van der Waals surface area contributed by atoms with Crippen molar-refractivity contribution < 1.29 is 19.1 Å². The van der Waals surface area contributed by atoms with Crippen molar-refractivity contribution in [3.8, 4) is 0 Å². The number of rotatable bonds is 6. The highest BCUT2D eigenvalue weighted by atomic mass is 16.6. The zero-order valence-electron chi connectivity index (χ0n) is 17.2. The van der Waals surface area contributed by atoms with Gasteiger partial charge in [0.1, 0.15) is 12.0 Å². The number of nitrogens with two attached hydrogens (primary N) is 1. The molecule has 2 N–H and O–H groups in total. The van der Waals surface area contributed by atoms with Gasteiger partial charge in [0.15, 0.2) is 0 Å². The van der Waals surface area contributed by atoms with Crippen molar-refractivity contribution in [2.45, 2.75) is 43.9 Å². The second kappa shape index (κ2) is 8.88. The van der Waals surface area contributed by atoms with Gasteiger partial charge < -0.3 is 15.2 Å². The zero-order valence-corrected chi connectivity index (χ0v) is 17.2. The summed E-state index contributed by atoms with van der Waals surface area (Å²) in [6.07, 6.45) is 2.74. The topological polar surface area (TPSA) is 81.9 Å². The summed E-state index contributed by atoms with van der Waals surface area (Å²) in [5.74, 6) is -1.13. The first kappa shape index (κ1) is 20.4. The minimum Gasteiger partial charge on any atom is -0.465 e. The molecule has 0 amide bonds. The SMILES string of the molecule is CN1C2CCC1C(C(=O)OCCc1ccc(N)cc1)[C@H](OC(=O)c1ccccc1)C2. The van der Waals surface area contributed by atoms with E-state index in [9.17, 15) is 9.59 Å². The van der Waals surface area contributed by atoms with Crippen LogP contribution in [0.4, 0.5) is 5.69 Å². The van der Waals surface area contributed by atoms with E-state index >= 15 is 0 Å². The molecule has 4 atom stereocenters. The van der Waals surface area contributed by atoms with Gasteiger partial charge in [-0.25, -0.2) is 4.79 Å². The van der Waals surface area contributed by atoms with Crippen LogP contribution in [0.5, 0.6) is 0 Å². The Kier molecular flexibility index (Phi) is 6.04. The molecule has 2 aromatic rings. The Morgan fingerprint density at radius 1 is 1.07 bits per heavy atom. The smallest absolute Gasteiger partial charge is 0.338 e. The number of benzene rings is 2. The number of piperidine rings is 1. The second-order valence-electron chi connectivity index (χ2n) is 8.19. The van der Waals surface area contributed by atoms with Crippen molar-refractivity contribution in [1.29, 1.82) is 0 Å².